The maximum absolute atomic E-state index is 6.90. The summed E-state index contributed by atoms with van der Waals surface area (Å²) in [6.07, 6.45) is 4.15. The number of rotatable bonds is 3. The second-order valence-corrected chi connectivity index (χ2v) is 11.1. The minimum atomic E-state index is 0.652. The van der Waals surface area contributed by atoms with Gasteiger partial charge in [-0.05, 0) is 58.4 Å². The number of para-hydroxylation sites is 3. The molecule has 0 saturated heterocycles. The van der Waals surface area contributed by atoms with E-state index in [4.69, 9.17) is 21.6 Å². The van der Waals surface area contributed by atoms with Crippen LogP contribution in [0.3, 0.4) is 0 Å². The van der Waals surface area contributed by atoms with Gasteiger partial charge in [0.1, 0.15) is 0 Å². The molecule has 0 unspecified atom stereocenters. The lowest BCUT2D eigenvalue weighted by molar-refractivity contribution is 1.13. The molecule has 0 aliphatic carbocycles. The molecule has 0 fully saturated rings. The molecule has 8 aromatic rings. The quantitative estimate of drug-likeness (QED) is 0.220. The third kappa shape index (κ3) is 3.66. The van der Waals surface area contributed by atoms with Crippen molar-refractivity contribution in [1.29, 1.82) is 0 Å². The molecule has 4 aromatic heterocycles. The van der Waals surface area contributed by atoms with E-state index in [0.29, 0.717) is 5.02 Å². The first-order chi connectivity index (χ1) is 19.6. The topological polar surface area (TPSA) is 46.5 Å². The number of nitrogens with one attached hydrogen (secondary N) is 1. The molecule has 0 spiro atoms. The van der Waals surface area contributed by atoms with Crippen molar-refractivity contribution in [2.24, 2.45) is 0 Å². The van der Waals surface area contributed by atoms with Crippen LogP contribution in [0.2, 0.25) is 5.02 Å². The predicted molar refractivity (Wildman–Crippen MR) is 169 cm³/mol. The fourth-order valence-electron chi connectivity index (χ4n) is 5.61. The van der Waals surface area contributed by atoms with Crippen molar-refractivity contribution in [2.45, 2.75) is 0 Å². The van der Waals surface area contributed by atoms with E-state index in [1.54, 1.807) is 0 Å². The van der Waals surface area contributed by atoms with E-state index in [1.165, 1.54) is 0 Å². The molecule has 0 amide bonds. The first kappa shape index (κ1) is 23.4. The Labute approximate surface area is 243 Å². The number of aromatic nitrogens is 4. The number of hydrogen-bond donors (Lipinski definition) is 1. The van der Waals surface area contributed by atoms with Gasteiger partial charge < -0.3 is 9.55 Å². The van der Waals surface area contributed by atoms with Crippen molar-refractivity contribution in [3.63, 3.8) is 0 Å². The summed E-state index contributed by atoms with van der Waals surface area (Å²) in [7, 11) is 0. The first-order valence-corrected chi connectivity index (χ1v) is 14.1. The first-order valence-electron chi connectivity index (χ1n) is 13.0. The highest BCUT2D eigenvalue weighted by Gasteiger charge is 2.18. The fraction of sp³-hybridized carbons (Fsp3) is 0. The third-order valence-corrected chi connectivity index (χ3v) is 8.47. The van der Waals surface area contributed by atoms with Gasteiger partial charge in [0.2, 0.25) is 0 Å². The van der Waals surface area contributed by atoms with Gasteiger partial charge in [-0.25, -0.2) is 9.97 Å². The average molecular weight is 600 g/mol. The van der Waals surface area contributed by atoms with Gasteiger partial charge in [-0.3, -0.25) is 0 Å². The van der Waals surface area contributed by atoms with Crippen LogP contribution in [-0.4, -0.2) is 19.5 Å². The van der Waals surface area contributed by atoms with Gasteiger partial charge in [0.25, 0.3) is 0 Å². The molecule has 190 valence electrons. The fourth-order valence-corrected chi connectivity index (χ4v) is 6.43. The molecule has 0 aliphatic heterocycles. The second-order valence-electron chi connectivity index (χ2n) is 9.88. The van der Waals surface area contributed by atoms with Crippen LogP contribution >= 0.6 is 27.5 Å². The highest BCUT2D eigenvalue weighted by Crippen LogP contribution is 2.39. The van der Waals surface area contributed by atoms with E-state index in [9.17, 15) is 0 Å². The van der Waals surface area contributed by atoms with Gasteiger partial charge in [0.05, 0.1) is 38.5 Å². The van der Waals surface area contributed by atoms with Crippen LogP contribution in [0, 0.1) is 0 Å². The SMILES string of the molecule is Clc1cc(-n2cc(-c3ccc4ccccc4n3)c3cccc(Br)c32)cc2c(-c3ccc4ccccc4n3)c[nH]c12. The molecule has 6 heteroatoms. The van der Waals surface area contributed by atoms with E-state index < -0.39 is 0 Å². The number of benzene rings is 4. The minimum absolute atomic E-state index is 0.652. The molecule has 4 aromatic carbocycles. The smallest absolute Gasteiger partial charge is 0.0731 e. The molecule has 40 heavy (non-hydrogen) atoms. The van der Waals surface area contributed by atoms with Crippen molar-refractivity contribution in [1.82, 2.24) is 19.5 Å². The van der Waals surface area contributed by atoms with Crippen molar-refractivity contribution in [3.8, 4) is 28.2 Å². The molecule has 1 N–H and O–H groups in total. The van der Waals surface area contributed by atoms with Gasteiger partial charge in [-0.15, -0.1) is 0 Å². The maximum atomic E-state index is 6.90. The van der Waals surface area contributed by atoms with E-state index in [1.807, 2.05) is 42.6 Å². The lowest BCUT2D eigenvalue weighted by Crippen LogP contribution is -1.93. The molecular formula is C34H20BrClN4. The van der Waals surface area contributed by atoms with Crippen LogP contribution in [0.4, 0.5) is 0 Å². The number of hydrogen-bond acceptors (Lipinski definition) is 2. The number of aromatic amines is 1. The average Bonchev–Trinajstić information content (AvgIpc) is 3.60. The summed E-state index contributed by atoms with van der Waals surface area (Å²) in [5, 5.41) is 5.02. The zero-order valence-electron chi connectivity index (χ0n) is 21.1. The van der Waals surface area contributed by atoms with Crippen LogP contribution in [-0.2, 0) is 0 Å². The maximum Gasteiger partial charge on any atom is 0.0731 e. The van der Waals surface area contributed by atoms with Gasteiger partial charge in [-0.2, -0.15) is 0 Å². The number of halogens is 2. The summed E-state index contributed by atoms with van der Waals surface area (Å²) in [6.45, 7) is 0. The molecule has 4 nitrogen and oxygen atoms in total. The third-order valence-electron chi connectivity index (χ3n) is 7.53. The van der Waals surface area contributed by atoms with Gasteiger partial charge in [-0.1, -0.05) is 72.3 Å². The lowest BCUT2D eigenvalue weighted by Gasteiger charge is -2.09. The molecule has 4 heterocycles. The summed E-state index contributed by atoms with van der Waals surface area (Å²) in [5.74, 6) is 0. The van der Waals surface area contributed by atoms with Crippen molar-refractivity contribution in [3.05, 3.63) is 125 Å². The number of nitrogens with zero attached hydrogens (tertiary/aromatic N) is 3. The normalized spacial score (nSPS) is 11.8. The van der Waals surface area contributed by atoms with Crippen LogP contribution in [0.15, 0.2) is 120 Å². The van der Waals surface area contributed by atoms with Gasteiger partial charge in [0.15, 0.2) is 0 Å². The monoisotopic (exact) mass is 598 g/mol. The summed E-state index contributed by atoms with van der Waals surface area (Å²) < 4.78 is 3.19. The minimum Gasteiger partial charge on any atom is -0.359 e. The number of fused-ring (bicyclic) bond motifs is 4. The highest BCUT2D eigenvalue weighted by atomic mass is 79.9. The second kappa shape index (κ2) is 9.05. The summed E-state index contributed by atoms with van der Waals surface area (Å²) in [4.78, 5) is 13.3. The van der Waals surface area contributed by atoms with Crippen molar-refractivity contribution >= 4 is 71.1 Å². The number of H-pyrrole nitrogens is 1. The Bertz CT molecular complexity index is 2260. The zero-order valence-corrected chi connectivity index (χ0v) is 23.4. The molecule has 0 bridgehead atoms. The molecule has 0 radical (unpaired) electrons. The summed E-state index contributed by atoms with van der Waals surface area (Å²) in [5.41, 5.74) is 8.74. The van der Waals surface area contributed by atoms with Crippen LogP contribution in [0.25, 0.3) is 71.8 Å². The van der Waals surface area contributed by atoms with E-state index in [2.05, 4.69) is 98.4 Å². The highest BCUT2D eigenvalue weighted by molar-refractivity contribution is 9.10. The molecule has 0 aliphatic rings. The van der Waals surface area contributed by atoms with Crippen LogP contribution in [0.1, 0.15) is 0 Å². The van der Waals surface area contributed by atoms with Crippen LogP contribution in [0.5, 0.6) is 0 Å². The van der Waals surface area contributed by atoms with Crippen molar-refractivity contribution in [2.75, 3.05) is 0 Å². The molecular weight excluding hydrogens is 580 g/mol. The Kier molecular flexibility index (Phi) is 5.30. The Morgan fingerprint density at radius 3 is 2.08 bits per heavy atom. The van der Waals surface area contributed by atoms with Crippen molar-refractivity contribution < 1.29 is 0 Å². The summed E-state index contributed by atoms with van der Waals surface area (Å²) >= 11 is 10.7. The molecule has 8 rings (SSSR count). The molecule has 0 atom stereocenters. The van der Waals surface area contributed by atoms with Crippen LogP contribution < -0.4 is 0 Å². The lowest BCUT2D eigenvalue weighted by atomic mass is 10.1. The van der Waals surface area contributed by atoms with Gasteiger partial charge >= 0.3 is 0 Å². The Morgan fingerprint density at radius 1 is 0.675 bits per heavy atom. The van der Waals surface area contributed by atoms with E-state index >= 15 is 0 Å². The van der Waals surface area contributed by atoms with E-state index in [-0.39, 0.29) is 0 Å². The van der Waals surface area contributed by atoms with Gasteiger partial charge in [0, 0.05) is 55.2 Å². The predicted octanol–water partition coefficient (Wildman–Crippen LogP) is 9.96. The zero-order chi connectivity index (χ0) is 26.8. The standard InChI is InChI=1S/C34H20BrClN4/c35-27-9-5-8-23-26(32-15-13-21-7-2-4-11-30(21)39-32)19-40(34(23)27)22-16-24-25(18-37-33(24)28(36)17-22)31-14-12-20-6-1-3-10-29(20)38-31/h1-19,37H. The Hall–Kier alpha value is -4.45. The molecule has 0 saturated carbocycles. The largest absolute Gasteiger partial charge is 0.359 e. The number of pyridine rings is 2. The van der Waals surface area contributed by atoms with E-state index in [0.717, 1.165) is 76.3 Å². The Morgan fingerprint density at radius 2 is 1.35 bits per heavy atom. The summed E-state index contributed by atoms with van der Waals surface area (Å²) in [6, 6.07) is 35.2. The Balaban J connectivity index is 1.35.